The van der Waals surface area contributed by atoms with Crippen molar-refractivity contribution in [3.05, 3.63) is 58.3 Å². The largest absolute Gasteiger partial charge is 0.368 e. The molecular weight excluding hydrogens is 413 g/mol. The molecule has 0 bridgehead atoms. The van der Waals surface area contributed by atoms with Crippen LogP contribution in [0.3, 0.4) is 0 Å². The fourth-order valence-corrected chi connectivity index (χ4v) is 3.32. The Morgan fingerprint density at radius 1 is 1.10 bits per heavy atom. The van der Waals surface area contributed by atoms with Crippen LogP contribution in [-0.4, -0.2) is 54.0 Å². The third-order valence-electron chi connectivity index (χ3n) is 4.74. The first-order valence-corrected chi connectivity index (χ1v) is 10.1. The van der Waals surface area contributed by atoms with Crippen LogP contribution in [0, 0.1) is 0 Å². The van der Waals surface area contributed by atoms with Crippen LogP contribution in [-0.2, 0) is 11.3 Å². The number of pyridine rings is 1. The summed E-state index contributed by atoms with van der Waals surface area (Å²) in [5.74, 6) is -0.251. The van der Waals surface area contributed by atoms with Gasteiger partial charge in [0.25, 0.3) is 0 Å². The van der Waals surface area contributed by atoms with Crippen LogP contribution < -0.4 is 15.5 Å². The lowest BCUT2D eigenvalue weighted by Gasteiger charge is -2.36. The number of rotatable bonds is 5. The predicted molar refractivity (Wildman–Crippen MR) is 114 cm³/mol. The van der Waals surface area contributed by atoms with Gasteiger partial charge in [0.15, 0.2) is 0 Å². The molecule has 2 heterocycles. The number of urea groups is 1. The van der Waals surface area contributed by atoms with Crippen molar-refractivity contribution in [2.75, 3.05) is 31.1 Å². The lowest BCUT2D eigenvalue weighted by molar-refractivity contribution is -0.122. The molecule has 1 unspecified atom stereocenters. The molecule has 3 rings (SSSR count). The number of aromatic nitrogens is 1. The Bertz CT molecular complexity index is 857. The van der Waals surface area contributed by atoms with E-state index in [0.29, 0.717) is 42.8 Å². The van der Waals surface area contributed by atoms with E-state index in [1.165, 1.54) is 0 Å². The first-order chi connectivity index (χ1) is 13.9. The summed E-state index contributed by atoms with van der Waals surface area (Å²) < 4.78 is 0. The second-order valence-corrected chi connectivity index (χ2v) is 7.60. The number of hydrogen-bond acceptors (Lipinski definition) is 4. The first kappa shape index (κ1) is 21.2. The summed E-state index contributed by atoms with van der Waals surface area (Å²) in [6.07, 6.45) is 1.67. The standard InChI is InChI=1S/C20H23Cl2N5O2/c1-14(19(28)24-13-15-4-2-3-7-23-15)25-20(29)27-10-8-26(9-11-27)16-5-6-17(21)18(22)12-16/h2-7,12,14H,8-11,13H2,1H3,(H,24,28)(H,25,29). The van der Waals surface area contributed by atoms with Crippen molar-refractivity contribution in [1.29, 1.82) is 0 Å². The number of nitrogens with one attached hydrogen (secondary N) is 2. The van der Waals surface area contributed by atoms with E-state index in [1.807, 2.05) is 30.3 Å². The van der Waals surface area contributed by atoms with E-state index >= 15 is 0 Å². The Morgan fingerprint density at radius 2 is 1.86 bits per heavy atom. The lowest BCUT2D eigenvalue weighted by Crippen LogP contribution is -2.55. The third kappa shape index (κ3) is 5.74. The number of carbonyl (C=O) groups excluding carboxylic acids is 2. The normalized spacial score (nSPS) is 15.0. The minimum Gasteiger partial charge on any atom is -0.368 e. The molecule has 1 aliphatic rings. The molecule has 0 aliphatic carbocycles. The molecule has 1 atom stereocenters. The minimum absolute atomic E-state index is 0.251. The number of piperazine rings is 1. The van der Waals surface area contributed by atoms with Gasteiger partial charge in [0.2, 0.25) is 5.91 Å². The van der Waals surface area contributed by atoms with Gasteiger partial charge in [-0.25, -0.2) is 4.79 Å². The fraction of sp³-hybridized carbons (Fsp3) is 0.350. The van der Waals surface area contributed by atoms with Crippen molar-refractivity contribution in [2.24, 2.45) is 0 Å². The van der Waals surface area contributed by atoms with Gasteiger partial charge < -0.3 is 20.4 Å². The van der Waals surface area contributed by atoms with Gasteiger partial charge in [-0.1, -0.05) is 29.3 Å². The molecule has 29 heavy (non-hydrogen) atoms. The van der Waals surface area contributed by atoms with Crippen molar-refractivity contribution in [2.45, 2.75) is 19.5 Å². The summed E-state index contributed by atoms with van der Waals surface area (Å²) in [6.45, 7) is 4.43. The molecule has 1 aromatic heterocycles. The van der Waals surface area contributed by atoms with E-state index < -0.39 is 6.04 Å². The van der Waals surface area contributed by atoms with Crippen LogP contribution >= 0.6 is 23.2 Å². The summed E-state index contributed by atoms with van der Waals surface area (Å²) in [5.41, 5.74) is 1.74. The van der Waals surface area contributed by atoms with Gasteiger partial charge in [-0.3, -0.25) is 9.78 Å². The Morgan fingerprint density at radius 3 is 2.52 bits per heavy atom. The highest BCUT2D eigenvalue weighted by molar-refractivity contribution is 6.42. The highest BCUT2D eigenvalue weighted by Gasteiger charge is 2.24. The zero-order chi connectivity index (χ0) is 20.8. The number of anilines is 1. The van der Waals surface area contributed by atoms with E-state index in [2.05, 4.69) is 20.5 Å². The first-order valence-electron chi connectivity index (χ1n) is 9.37. The van der Waals surface area contributed by atoms with Crippen molar-refractivity contribution in [1.82, 2.24) is 20.5 Å². The topological polar surface area (TPSA) is 77.6 Å². The number of nitrogens with zero attached hydrogens (tertiary/aromatic N) is 3. The third-order valence-corrected chi connectivity index (χ3v) is 5.48. The molecule has 2 aromatic rings. The number of halogens is 2. The van der Waals surface area contributed by atoms with Crippen molar-refractivity contribution in [3.63, 3.8) is 0 Å². The van der Waals surface area contributed by atoms with E-state index in [1.54, 1.807) is 24.1 Å². The molecule has 0 spiro atoms. The summed E-state index contributed by atoms with van der Waals surface area (Å²) in [7, 11) is 0. The molecule has 3 amide bonds. The quantitative estimate of drug-likeness (QED) is 0.756. The van der Waals surface area contributed by atoms with E-state index in [-0.39, 0.29) is 11.9 Å². The highest BCUT2D eigenvalue weighted by Crippen LogP contribution is 2.27. The molecule has 0 saturated carbocycles. The zero-order valence-corrected chi connectivity index (χ0v) is 17.6. The van der Waals surface area contributed by atoms with Crippen LogP contribution in [0.1, 0.15) is 12.6 Å². The van der Waals surface area contributed by atoms with Crippen LogP contribution in [0.4, 0.5) is 10.5 Å². The maximum atomic E-state index is 12.5. The maximum absolute atomic E-state index is 12.5. The smallest absolute Gasteiger partial charge is 0.318 e. The van der Waals surface area contributed by atoms with Gasteiger partial charge >= 0.3 is 6.03 Å². The second-order valence-electron chi connectivity index (χ2n) is 6.78. The molecule has 1 aromatic carbocycles. The summed E-state index contributed by atoms with van der Waals surface area (Å²) in [4.78, 5) is 32.7. The van der Waals surface area contributed by atoms with Gasteiger partial charge in [0, 0.05) is 38.1 Å². The summed E-state index contributed by atoms with van der Waals surface area (Å²) in [5, 5.41) is 6.56. The molecule has 154 valence electrons. The number of carbonyl (C=O) groups is 2. The summed E-state index contributed by atoms with van der Waals surface area (Å²) in [6, 6.07) is 10.1. The molecule has 1 fully saturated rings. The zero-order valence-electron chi connectivity index (χ0n) is 16.1. The van der Waals surface area contributed by atoms with Gasteiger partial charge in [-0.2, -0.15) is 0 Å². The van der Waals surface area contributed by atoms with Crippen molar-refractivity contribution >= 4 is 40.8 Å². The lowest BCUT2D eigenvalue weighted by atomic mass is 10.2. The average molecular weight is 436 g/mol. The van der Waals surface area contributed by atoms with Gasteiger partial charge in [-0.15, -0.1) is 0 Å². The van der Waals surface area contributed by atoms with Crippen molar-refractivity contribution < 1.29 is 9.59 Å². The van der Waals surface area contributed by atoms with Crippen LogP contribution in [0.15, 0.2) is 42.6 Å². The van der Waals surface area contributed by atoms with Gasteiger partial charge in [-0.05, 0) is 37.3 Å². The van der Waals surface area contributed by atoms with Crippen LogP contribution in [0.5, 0.6) is 0 Å². The predicted octanol–water partition coefficient (Wildman–Crippen LogP) is 2.92. The Labute approximate surface area is 180 Å². The molecule has 1 saturated heterocycles. The minimum atomic E-state index is -0.640. The molecule has 7 nitrogen and oxygen atoms in total. The number of amides is 3. The molecule has 9 heteroatoms. The highest BCUT2D eigenvalue weighted by atomic mass is 35.5. The summed E-state index contributed by atoms with van der Waals surface area (Å²) >= 11 is 12.1. The van der Waals surface area contributed by atoms with Gasteiger partial charge in [0.05, 0.1) is 22.3 Å². The molecule has 0 radical (unpaired) electrons. The molecule has 1 aliphatic heterocycles. The maximum Gasteiger partial charge on any atom is 0.318 e. The van der Waals surface area contributed by atoms with Gasteiger partial charge in [0.1, 0.15) is 6.04 Å². The van der Waals surface area contributed by atoms with E-state index in [0.717, 1.165) is 11.4 Å². The average Bonchev–Trinajstić information content (AvgIpc) is 2.74. The Balaban J connectivity index is 1.45. The Hall–Kier alpha value is -2.51. The molecular formula is C20H23Cl2N5O2. The molecule has 2 N–H and O–H groups in total. The SMILES string of the molecule is CC(NC(=O)N1CCN(c2ccc(Cl)c(Cl)c2)CC1)C(=O)NCc1ccccn1. The van der Waals surface area contributed by atoms with Crippen LogP contribution in [0.25, 0.3) is 0 Å². The van der Waals surface area contributed by atoms with E-state index in [9.17, 15) is 9.59 Å². The Kier molecular flexibility index (Phi) is 7.17. The monoisotopic (exact) mass is 435 g/mol. The van der Waals surface area contributed by atoms with E-state index in [4.69, 9.17) is 23.2 Å². The number of benzene rings is 1. The fourth-order valence-electron chi connectivity index (χ4n) is 3.02. The van der Waals surface area contributed by atoms with Crippen molar-refractivity contribution in [3.8, 4) is 0 Å². The van der Waals surface area contributed by atoms with Crippen LogP contribution in [0.2, 0.25) is 10.0 Å². The number of hydrogen-bond donors (Lipinski definition) is 2. The second kappa shape index (κ2) is 9.80.